The number of nitrogens with one attached hydrogen (secondary N) is 2. The molecule has 2 heterocycles. The number of anilines is 1. The number of rotatable bonds is 5. The van der Waals surface area contributed by atoms with Crippen LogP contribution in [0.1, 0.15) is 10.7 Å². The van der Waals surface area contributed by atoms with Crippen LogP contribution in [-0.2, 0) is 6.54 Å². The van der Waals surface area contributed by atoms with Crippen LogP contribution < -0.4 is 16.2 Å². The highest BCUT2D eigenvalue weighted by Crippen LogP contribution is 2.27. The molecule has 10 heteroatoms. The summed E-state index contributed by atoms with van der Waals surface area (Å²) in [5.74, 6) is 0. The lowest BCUT2D eigenvalue weighted by atomic mass is 10.3. The van der Waals surface area contributed by atoms with E-state index in [1.807, 2.05) is 13.8 Å². The van der Waals surface area contributed by atoms with E-state index in [9.17, 15) is 9.59 Å². The molecule has 0 unspecified atom stereocenters. The lowest BCUT2D eigenvalue weighted by Crippen LogP contribution is -2.34. The highest BCUT2D eigenvalue weighted by Gasteiger charge is 2.11. The summed E-state index contributed by atoms with van der Waals surface area (Å²) >= 11 is 13.4. The number of hydrogen-bond donors (Lipinski definition) is 2. The van der Waals surface area contributed by atoms with Gasteiger partial charge in [-0.15, -0.1) is 11.3 Å². The van der Waals surface area contributed by atoms with Gasteiger partial charge in [0, 0.05) is 17.6 Å². The molecule has 0 fully saturated rings. The van der Waals surface area contributed by atoms with Crippen LogP contribution in [-0.4, -0.2) is 27.3 Å². The van der Waals surface area contributed by atoms with Gasteiger partial charge in [-0.2, -0.15) is 5.10 Å². The second-order valence-corrected chi connectivity index (χ2v) is 7.98. The zero-order valence-corrected chi connectivity index (χ0v) is 17.5. The fourth-order valence-corrected chi connectivity index (χ4v) is 3.87. The molecule has 0 atom stereocenters. The topological polar surface area (TPSA) is 88.9 Å². The van der Waals surface area contributed by atoms with Crippen molar-refractivity contribution in [1.29, 1.82) is 0 Å². The van der Waals surface area contributed by atoms with E-state index in [0.717, 1.165) is 15.6 Å². The van der Waals surface area contributed by atoms with E-state index in [4.69, 9.17) is 23.2 Å². The van der Waals surface area contributed by atoms with Gasteiger partial charge >= 0.3 is 6.03 Å². The minimum atomic E-state index is -0.442. The van der Waals surface area contributed by atoms with Crippen molar-refractivity contribution in [3.8, 4) is 10.6 Å². The Morgan fingerprint density at radius 3 is 2.68 bits per heavy atom. The van der Waals surface area contributed by atoms with E-state index in [2.05, 4.69) is 20.7 Å². The van der Waals surface area contributed by atoms with Crippen LogP contribution >= 0.6 is 34.5 Å². The molecule has 1 aromatic carbocycles. The minimum absolute atomic E-state index is 0.216. The summed E-state index contributed by atoms with van der Waals surface area (Å²) in [7, 11) is 0. The SMILES string of the molecule is Cc1nc(C)c(-c2ccc(=O)n(CCNC(=O)Nc3ccc(Cl)cc3Cl)n2)s1. The quantitative estimate of drug-likeness (QED) is 0.628. The summed E-state index contributed by atoms with van der Waals surface area (Å²) < 4.78 is 1.32. The van der Waals surface area contributed by atoms with Gasteiger partial charge in [0.25, 0.3) is 5.56 Å². The van der Waals surface area contributed by atoms with E-state index in [1.165, 1.54) is 28.2 Å². The third-order valence-corrected chi connectivity index (χ3v) is 5.43. The predicted molar refractivity (Wildman–Crippen MR) is 113 cm³/mol. The number of nitrogens with zero attached hydrogens (tertiary/aromatic N) is 3. The molecule has 7 nitrogen and oxygen atoms in total. The Labute approximate surface area is 175 Å². The lowest BCUT2D eigenvalue weighted by molar-refractivity contribution is 0.251. The van der Waals surface area contributed by atoms with E-state index in [1.54, 1.807) is 18.2 Å². The Morgan fingerprint density at radius 2 is 2.00 bits per heavy atom. The molecule has 0 aliphatic carbocycles. The van der Waals surface area contributed by atoms with Crippen LogP contribution in [0.5, 0.6) is 0 Å². The first-order valence-corrected chi connectivity index (χ1v) is 9.93. The summed E-state index contributed by atoms with van der Waals surface area (Å²) in [5.41, 5.74) is 1.75. The van der Waals surface area contributed by atoms with E-state index >= 15 is 0 Å². The fourth-order valence-electron chi connectivity index (χ4n) is 2.53. The third-order valence-electron chi connectivity index (χ3n) is 3.79. The molecule has 28 heavy (non-hydrogen) atoms. The number of amides is 2. The molecule has 3 rings (SSSR count). The van der Waals surface area contributed by atoms with Crippen molar-refractivity contribution >= 4 is 46.3 Å². The number of thiazole rings is 1. The second kappa shape index (κ2) is 8.72. The molecule has 146 valence electrons. The number of aromatic nitrogens is 3. The molecular formula is C18H17Cl2N5O2S. The maximum absolute atomic E-state index is 12.1. The predicted octanol–water partition coefficient (Wildman–Crippen LogP) is 4.11. The van der Waals surface area contributed by atoms with E-state index < -0.39 is 6.03 Å². The molecule has 0 aliphatic heterocycles. The van der Waals surface area contributed by atoms with Gasteiger partial charge in [0.2, 0.25) is 0 Å². The molecule has 2 N–H and O–H groups in total. The molecular weight excluding hydrogens is 421 g/mol. The Kier molecular flexibility index (Phi) is 6.33. The minimum Gasteiger partial charge on any atom is -0.336 e. The summed E-state index contributed by atoms with van der Waals surface area (Å²) in [5, 5.41) is 11.4. The Balaban J connectivity index is 1.63. The molecule has 0 saturated carbocycles. The van der Waals surface area contributed by atoms with Gasteiger partial charge in [0.1, 0.15) is 5.69 Å². The number of hydrogen-bond acceptors (Lipinski definition) is 5. The van der Waals surface area contributed by atoms with Crippen LogP contribution in [0.4, 0.5) is 10.5 Å². The number of aryl methyl sites for hydroxylation is 2. The summed E-state index contributed by atoms with van der Waals surface area (Å²) in [6.07, 6.45) is 0. The molecule has 2 aromatic heterocycles. The Bertz CT molecular complexity index is 1080. The van der Waals surface area contributed by atoms with Gasteiger partial charge in [-0.1, -0.05) is 23.2 Å². The van der Waals surface area contributed by atoms with Gasteiger partial charge in [-0.3, -0.25) is 4.79 Å². The zero-order chi connectivity index (χ0) is 20.3. The molecule has 0 bridgehead atoms. The maximum atomic E-state index is 12.1. The van der Waals surface area contributed by atoms with Crippen molar-refractivity contribution in [3.05, 3.63) is 61.4 Å². The normalized spacial score (nSPS) is 10.7. The van der Waals surface area contributed by atoms with Crippen LogP contribution in [0.3, 0.4) is 0 Å². The van der Waals surface area contributed by atoms with Crippen LogP contribution in [0, 0.1) is 13.8 Å². The highest BCUT2D eigenvalue weighted by atomic mass is 35.5. The van der Waals surface area contributed by atoms with Crippen molar-refractivity contribution in [2.75, 3.05) is 11.9 Å². The monoisotopic (exact) mass is 437 g/mol. The Morgan fingerprint density at radius 1 is 1.21 bits per heavy atom. The molecule has 2 amide bonds. The summed E-state index contributed by atoms with van der Waals surface area (Å²) in [6, 6.07) is 7.48. The van der Waals surface area contributed by atoms with Crippen LogP contribution in [0.15, 0.2) is 35.1 Å². The van der Waals surface area contributed by atoms with Crippen molar-refractivity contribution in [2.45, 2.75) is 20.4 Å². The number of halogens is 2. The second-order valence-electron chi connectivity index (χ2n) is 5.93. The maximum Gasteiger partial charge on any atom is 0.319 e. The van der Waals surface area contributed by atoms with Crippen molar-refractivity contribution in [2.24, 2.45) is 0 Å². The zero-order valence-electron chi connectivity index (χ0n) is 15.1. The first kappa shape index (κ1) is 20.3. The summed E-state index contributed by atoms with van der Waals surface area (Å²) in [6.45, 7) is 4.27. The summed E-state index contributed by atoms with van der Waals surface area (Å²) in [4.78, 5) is 29.4. The first-order valence-electron chi connectivity index (χ1n) is 8.36. The Hall–Kier alpha value is -2.42. The fraction of sp³-hybridized carbons (Fsp3) is 0.222. The van der Waals surface area contributed by atoms with Crippen molar-refractivity contribution < 1.29 is 4.79 Å². The standard InChI is InChI=1S/C18H17Cl2N5O2S/c1-10-17(28-11(2)22-10)15-5-6-16(26)25(24-15)8-7-21-18(27)23-14-4-3-12(19)9-13(14)20/h3-6,9H,7-8H2,1-2H3,(H2,21,23,27). The van der Waals surface area contributed by atoms with Gasteiger partial charge < -0.3 is 10.6 Å². The number of urea groups is 1. The molecule has 0 aliphatic rings. The smallest absolute Gasteiger partial charge is 0.319 e. The van der Waals surface area contributed by atoms with Gasteiger partial charge in [0.05, 0.1) is 32.8 Å². The van der Waals surface area contributed by atoms with Crippen molar-refractivity contribution in [3.63, 3.8) is 0 Å². The molecule has 0 radical (unpaired) electrons. The van der Waals surface area contributed by atoms with Crippen molar-refractivity contribution in [1.82, 2.24) is 20.1 Å². The number of benzene rings is 1. The van der Waals surface area contributed by atoms with Crippen LogP contribution in [0.25, 0.3) is 10.6 Å². The molecule has 3 aromatic rings. The number of carbonyl (C=O) groups is 1. The molecule has 0 saturated heterocycles. The van der Waals surface area contributed by atoms with Crippen LogP contribution in [0.2, 0.25) is 10.0 Å². The van der Waals surface area contributed by atoms with Gasteiger partial charge in [-0.05, 0) is 38.1 Å². The first-order chi connectivity index (χ1) is 13.3. The number of carbonyl (C=O) groups excluding carboxylic acids is 1. The lowest BCUT2D eigenvalue weighted by Gasteiger charge is -2.10. The van der Waals surface area contributed by atoms with E-state index in [0.29, 0.717) is 21.4 Å². The largest absolute Gasteiger partial charge is 0.336 e. The van der Waals surface area contributed by atoms with Gasteiger partial charge in [0.15, 0.2) is 0 Å². The third kappa shape index (κ3) is 4.89. The van der Waals surface area contributed by atoms with E-state index in [-0.39, 0.29) is 18.6 Å². The average Bonchev–Trinajstić information content (AvgIpc) is 2.97. The molecule has 0 spiro atoms. The highest BCUT2D eigenvalue weighted by molar-refractivity contribution is 7.15. The average molecular weight is 438 g/mol. The van der Waals surface area contributed by atoms with Gasteiger partial charge in [-0.25, -0.2) is 14.5 Å².